The Balaban J connectivity index is 1.40. The molecule has 0 saturated heterocycles. The van der Waals surface area contributed by atoms with E-state index in [1.165, 1.54) is 23.1 Å². The number of hydrogen-bond donors (Lipinski definition) is 3. The highest BCUT2D eigenvalue weighted by atomic mass is 35.5. The van der Waals surface area contributed by atoms with Gasteiger partial charge in [0.25, 0.3) is 5.92 Å². The average molecular weight is 456 g/mol. The van der Waals surface area contributed by atoms with E-state index in [-0.39, 0.29) is 43.0 Å². The van der Waals surface area contributed by atoms with Crippen LogP contribution in [0.3, 0.4) is 0 Å². The van der Waals surface area contributed by atoms with Crippen molar-refractivity contribution in [1.29, 1.82) is 0 Å². The molecule has 31 heavy (non-hydrogen) atoms. The first kappa shape index (κ1) is 21.6. The molecule has 1 aliphatic carbocycles. The molecule has 7 nitrogen and oxygen atoms in total. The summed E-state index contributed by atoms with van der Waals surface area (Å²) < 4.78 is 39.4. The summed E-state index contributed by atoms with van der Waals surface area (Å²) in [6.07, 6.45) is 1.68. The Bertz CT molecular complexity index is 985. The molecule has 1 atom stereocenters. The molecule has 2 aliphatic rings. The number of aromatic nitrogens is 2. The Kier molecular flexibility index (Phi) is 5.94. The van der Waals surface area contributed by atoms with Crippen molar-refractivity contribution in [2.75, 3.05) is 18.5 Å². The van der Waals surface area contributed by atoms with Gasteiger partial charge in [0.05, 0.1) is 29.9 Å². The van der Waals surface area contributed by atoms with E-state index in [0.29, 0.717) is 24.2 Å². The number of carbonyl (C=O) groups excluding carboxylic acids is 1. The van der Waals surface area contributed by atoms with Crippen LogP contribution in [0.1, 0.15) is 35.7 Å². The van der Waals surface area contributed by atoms with Crippen LogP contribution in [0.4, 0.5) is 23.9 Å². The zero-order valence-electron chi connectivity index (χ0n) is 16.4. The third kappa shape index (κ3) is 4.85. The van der Waals surface area contributed by atoms with E-state index >= 15 is 0 Å². The molecule has 1 aromatic heterocycles. The van der Waals surface area contributed by atoms with Crippen LogP contribution in [0.5, 0.6) is 0 Å². The quantitative estimate of drug-likeness (QED) is 0.643. The van der Waals surface area contributed by atoms with E-state index in [1.807, 2.05) is 0 Å². The van der Waals surface area contributed by atoms with Crippen molar-refractivity contribution in [3.05, 3.63) is 52.1 Å². The lowest BCUT2D eigenvalue weighted by atomic mass is 9.88. The molecule has 2 amide bonds. The fourth-order valence-electron chi connectivity index (χ4n) is 3.70. The van der Waals surface area contributed by atoms with Crippen LogP contribution >= 0.6 is 11.6 Å². The maximum Gasteiger partial charge on any atom is 0.318 e. The summed E-state index contributed by atoms with van der Waals surface area (Å²) in [5.41, 5.74) is 2.00. The number of amides is 2. The van der Waals surface area contributed by atoms with Crippen LogP contribution < -0.4 is 10.6 Å². The zero-order valence-corrected chi connectivity index (χ0v) is 17.2. The third-order valence-corrected chi connectivity index (χ3v) is 5.77. The number of aliphatic hydroxyl groups excluding tert-OH is 1. The third-order valence-electron chi connectivity index (χ3n) is 5.48. The average Bonchev–Trinajstić information content (AvgIpc) is 2.72. The monoisotopic (exact) mass is 455 g/mol. The maximum atomic E-state index is 13.4. The Labute approximate surface area is 181 Å². The van der Waals surface area contributed by atoms with E-state index in [9.17, 15) is 23.1 Å². The molecule has 1 aliphatic heterocycles. The Hall–Kier alpha value is -2.59. The lowest BCUT2D eigenvalue weighted by Crippen LogP contribution is -2.45. The van der Waals surface area contributed by atoms with Crippen molar-refractivity contribution in [3.63, 3.8) is 0 Å². The van der Waals surface area contributed by atoms with Crippen LogP contribution in [0.2, 0.25) is 5.02 Å². The zero-order chi connectivity index (χ0) is 22.2. The molecule has 0 radical (unpaired) electrons. The van der Waals surface area contributed by atoms with Gasteiger partial charge < -0.3 is 20.6 Å². The molecular formula is C20H21ClF3N5O2. The highest BCUT2D eigenvalue weighted by Gasteiger charge is 2.45. The first-order valence-electron chi connectivity index (χ1n) is 9.84. The maximum absolute atomic E-state index is 13.4. The Morgan fingerprint density at radius 2 is 2.16 bits per heavy atom. The number of hydrogen-bond acceptors (Lipinski definition) is 5. The molecule has 0 unspecified atom stereocenters. The Morgan fingerprint density at radius 1 is 1.39 bits per heavy atom. The fraction of sp³-hybridized carbons (Fsp3) is 0.450. The summed E-state index contributed by atoms with van der Waals surface area (Å²) in [5.74, 6) is -2.97. The van der Waals surface area contributed by atoms with E-state index in [1.54, 1.807) is 6.20 Å². The van der Waals surface area contributed by atoms with Crippen molar-refractivity contribution in [1.82, 2.24) is 20.2 Å². The van der Waals surface area contributed by atoms with Crippen molar-refractivity contribution in [3.8, 4) is 0 Å². The van der Waals surface area contributed by atoms with E-state index < -0.39 is 23.8 Å². The molecule has 166 valence electrons. The molecule has 1 saturated carbocycles. The molecular weight excluding hydrogens is 435 g/mol. The summed E-state index contributed by atoms with van der Waals surface area (Å²) >= 11 is 5.80. The second-order valence-corrected chi connectivity index (χ2v) is 8.21. The molecule has 2 aromatic rings. The summed E-state index contributed by atoms with van der Waals surface area (Å²) in [5, 5.41) is 15.2. The molecule has 3 N–H and O–H groups in total. The molecule has 1 fully saturated rings. The summed E-state index contributed by atoms with van der Waals surface area (Å²) in [4.78, 5) is 22.9. The first-order chi connectivity index (χ1) is 14.7. The predicted molar refractivity (Wildman–Crippen MR) is 108 cm³/mol. The van der Waals surface area contributed by atoms with Crippen molar-refractivity contribution >= 4 is 23.6 Å². The molecule has 11 heteroatoms. The fourth-order valence-corrected chi connectivity index (χ4v) is 3.88. The first-order valence-corrected chi connectivity index (χ1v) is 10.2. The highest BCUT2D eigenvalue weighted by molar-refractivity contribution is 6.30. The second kappa shape index (κ2) is 8.51. The van der Waals surface area contributed by atoms with E-state index in [4.69, 9.17) is 11.6 Å². The number of rotatable bonds is 5. The van der Waals surface area contributed by atoms with Gasteiger partial charge in [0.2, 0.25) is 5.95 Å². The van der Waals surface area contributed by atoms with Gasteiger partial charge in [0.15, 0.2) is 0 Å². The molecule has 2 heterocycles. The van der Waals surface area contributed by atoms with Gasteiger partial charge in [-0.1, -0.05) is 17.7 Å². The number of anilines is 1. The molecule has 4 rings (SSSR count). The highest BCUT2D eigenvalue weighted by Crippen LogP contribution is 2.38. The van der Waals surface area contributed by atoms with Crippen LogP contribution in [0.25, 0.3) is 0 Å². The number of nitrogens with one attached hydrogen (secondary N) is 2. The molecule has 1 aromatic carbocycles. The number of benzene rings is 1. The molecule has 0 bridgehead atoms. The number of alkyl halides is 2. The van der Waals surface area contributed by atoms with Crippen LogP contribution in [-0.4, -0.2) is 51.1 Å². The lowest BCUT2D eigenvalue weighted by molar-refractivity contribution is -0.0794. The number of carbonyl (C=O) groups is 1. The summed E-state index contributed by atoms with van der Waals surface area (Å²) in [6, 6.07) is 2.44. The number of halogens is 4. The normalized spacial score (nSPS) is 18.7. The predicted octanol–water partition coefficient (Wildman–Crippen LogP) is 3.28. The van der Waals surface area contributed by atoms with Gasteiger partial charge in [-0.15, -0.1) is 0 Å². The second-order valence-electron chi connectivity index (χ2n) is 7.80. The number of aliphatic hydroxyl groups is 1. The largest absolute Gasteiger partial charge is 0.394 e. The topological polar surface area (TPSA) is 90.4 Å². The van der Waals surface area contributed by atoms with Crippen LogP contribution in [0, 0.1) is 5.82 Å². The van der Waals surface area contributed by atoms with Crippen LogP contribution in [-0.2, 0) is 13.0 Å². The van der Waals surface area contributed by atoms with Gasteiger partial charge in [-0.3, -0.25) is 0 Å². The van der Waals surface area contributed by atoms with Crippen molar-refractivity contribution < 1.29 is 23.1 Å². The van der Waals surface area contributed by atoms with Gasteiger partial charge >= 0.3 is 6.03 Å². The minimum Gasteiger partial charge on any atom is -0.394 e. The summed E-state index contributed by atoms with van der Waals surface area (Å²) in [7, 11) is 0. The minimum atomic E-state index is -2.64. The van der Waals surface area contributed by atoms with Crippen molar-refractivity contribution in [2.45, 2.75) is 43.8 Å². The van der Waals surface area contributed by atoms with Crippen LogP contribution in [0.15, 0.2) is 24.4 Å². The van der Waals surface area contributed by atoms with Gasteiger partial charge in [-0.25, -0.2) is 27.9 Å². The van der Waals surface area contributed by atoms with Gasteiger partial charge in [-0.2, -0.15) is 0 Å². The van der Waals surface area contributed by atoms with Crippen molar-refractivity contribution in [2.24, 2.45) is 0 Å². The van der Waals surface area contributed by atoms with Gasteiger partial charge in [-0.05, 0) is 29.7 Å². The lowest BCUT2D eigenvalue weighted by Gasteiger charge is -2.35. The molecule has 0 spiro atoms. The minimum absolute atomic E-state index is 0.0990. The van der Waals surface area contributed by atoms with Gasteiger partial charge in [0, 0.05) is 31.6 Å². The van der Waals surface area contributed by atoms with Gasteiger partial charge in [0.1, 0.15) is 5.82 Å². The SMILES string of the molecule is O=C(N[C@H](CO)c1ccc(F)c(Cl)c1)N1CCc2cnc(NC3CC(F)(F)C3)nc2C1. The smallest absolute Gasteiger partial charge is 0.318 e. The number of nitrogens with zero attached hydrogens (tertiary/aromatic N) is 3. The Morgan fingerprint density at radius 3 is 2.84 bits per heavy atom. The van der Waals surface area contributed by atoms with E-state index in [0.717, 1.165) is 5.56 Å². The number of urea groups is 1. The van der Waals surface area contributed by atoms with E-state index in [2.05, 4.69) is 20.6 Å². The standard InChI is InChI=1S/C20H21ClF3N5O2/c21-14-5-11(1-2-15(14)22)17(10-30)28-19(31)29-4-3-12-8-25-18(27-16(12)9-29)26-13-6-20(23,24)7-13/h1-2,5,8,13,17,30H,3-4,6-7,9-10H2,(H,28,31)(H,25,26,27)/t17-/m1/s1. The summed E-state index contributed by atoms with van der Waals surface area (Å²) in [6.45, 7) is 0.244. The number of fused-ring (bicyclic) bond motifs is 1.